The number of amides is 1. The van der Waals surface area contributed by atoms with E-state index in [0.29, 0.717) is 18.1 Å². The lowest BCUT2D eigenvalue weighted by atomic mass is 9.90. The molecule has 1 aliphatic heterocycles. The Balaban J connectivity index is 1.38. The van der Waals surface area contributed by atoms with E-state index >= 15 is 0 Å². The fourth-order valence-electron chi connectivity index (χ4n) is 4.47. The molecule has 1 aromatic rings. The molecule has 0 radical (unpaired) electrons. The fourth-order valence-corrected chi connectivity index (χ4v) is 4.47. The average Bonchev–Trinajstić information content (AvgIpc) is 2.94. The van der Waals surface area contributed by atoms with Crippen molar-refractivity contribution in [1.29, 1.82) is 0 Å². The molecular weight excluding hydrogens is 310 g/mol. The lowest BCUT2D eigenvalue weighted by Gasteiger charge is -2.30. The van der Waals surface area contributed by atoms with Gasteiger partial charge in [-0.25, -0.2) is 0 Å². The summed E-state index contributed by atoms with van der Waals surface area (Å²) in [4.78, 5) is 13.8. The Kier molecular flexibility index (Phi) is 6.49. The van der Waals surface area contributed by atoms with Gasteiger partial charge in [0.15, 0.2) is 0 Å². The molecule has 4 heteroatoms. The minimum absolute atomic E-state index is 0.106. The van der Waals surface area contributed by atoms with Crippen molar-refractivity contribution in [2.45, 2.75) is 70.6 Å². The zero-order valence-electron chi connectivity index (χ0n) is 15.7. The molecule has 25 heavy (non-hydrogen) atoms. The first-order chi connectivity index (χ1) is 12.1. The highest BCUT2D eigenvalue weighted by molar-refractivity contribution is 5.73. The van der Waals surface area contributed by atoms with E-state index in [1.54, 1.807) is 6.92 Å². The number of carbonyl (C=O) groups is 1. The first-order valence-electron chi connectivity index (χ1n) is 9.88. The van der Waals surface area contributed by atoms with E-state index in [4.69, 9.17) is 0 Å². The Morgan fingerprint density at radius 1 is 1.12 bits per heavy atom. The fraction of sp³-hybridized carbons (Fsp3) is 0.667. The highest BCUT2D eigenvalue weighted by Crippen LogP contribution is 2.25. The topological polar surface area (TPSA) is 44.4 Å². The molecule has 1 heterocycles. The van der Waals surface area contributed by atoms with Crippen LogP contribution < -0.4 is 10.6 Å². The summed E-state index contributed by atoms with van der Waals surface area (Å²) in [5, 5.41) is 6.86. The van der Waals surface area contributed by atoms with E-state index in [1.807, 2.05) is 0 Å². The number of nitrogens with one attached hydrogen (secondary N) is 2. The molecule has 138 valence electrons. The quantitative estimate of drug-likeness (QED) is 0.835. The van der Waals surface area contributed by atoms with Crippen LogP contribution in [-0.2, 0) is 11.3 Å². The predicted molar refractivity (Wildman–Crippen MR) is 102 cm³/mol. The van der Waals surface area contributed by atoms with E-state index in [1.165, 1.54) is 31.4 Å². The number of hydrogen-bond acceptors (Lipinski definition) is 3. The number of nitrogens with zero attached hydrogens (tertiary/aromatic N) is 1. The van der Waals surface area contributed by atoms with Gasteiger partial charge in [-0.3, -0.25) is 9.69 Å². The van der Waals surface area contributed by atoms with Crippen LogP contribution in [0.2, 0.25) is 0 Å². The highest BCUT2D eigenvalue weighted by Gasteiger charge is 2.29. The molecular formula is C21H33N3O. The van der Waals surface area contributed by atoms with Gasteiger partial charge >= 0.3 is 0 Å². The third-order valence-electron chi connectivity index (χ3n) is 5.85. The Morgan fingerprint density at radius 2 is 1.80 bits per heavy atom. The normalized spacial score (nSPS) is 30.3. The lowest BCUT2D eigenvalue weighted by molar-refractivity contribution is -0.119. The molecule has 3 rings (SSSR count). The summed E-state index contributed by atoms with van der Waals surface area (Å²) in [6, 6.07) is 12.5. The van der Waals surface area contributed by atoms with Gasteiger partial charge in [-0.05, 0) is 57.1 Å². The van der Waals surface area contributed by atoms with E-state index in [9.17, 15) is 4.79 Å². The standard InChI is InChI=1S/C21H33N3O/c1-16-12-19(15-24(16)14-18-6-4-3-5-7-18)13-22-20-8-10-21(11-9-20)23-17(2)25/h3-7,16,19-22H,8-15H2,1-2H3,(H,23,25). The lowest BCUT2D eigenvalue weighted by Crippen LogP contribution is -2.42. The molecule has 0 bridgehead atoms. The van der Waals surface area contributed by atoms with Crippen molar-refractivity contribution in [2.75, 3.05) is 13.1 Å². The Labute approximate surface area is 152 Å². The van der Waals surface area contributed by atoms with Crippen LogP contribution in [-0.4, -0.2) is 42.0 Å². The zero-order valence-corrected chi connectivity index (χ0v) is 15.7. The molecule has 1 aromatic carbocycles. The number of hydrogen-bond donors (Lipinski definition) is 2. The van der Waals surface area contributed by atoms with Crippen LogP contribution in [0.1, 0.15) is 51.5 Å². The van der Waals surface area contributed by atoms with Gasteiger partial charge in [-0.2, -0.15) is 0 Å². The molecule has 0 spiro atoms. The van der Waals surface area contributed by atoms with Crippen molar-refractivity contribution in [3.8, 4) is 0 Å². The summed E-state index contributed by atoms with van der Waals surface area (Å²) in [5.41, 5.74) is 1.42. The van der Waals surface area contributed by atoms with Crippen molar-refractivity contribution in [2.24, 2.45) is 5.92 Å². The summed E-state index contributed by atoms with van der Waals surface area (Å²) in [6.45, 7) is 7.38. The third-order valence-corrected chi connectivity index (χ3v) is 5.85. The summed E-state index contributed by atoms with van der Waals surface area (Å²) >= 11 is 0. The minimum atomic E-state index is 0.106. The maximum atomic E-state index is 11.2. The molecule has 4 nitrogen and oxygen atoms in total. The van der Waals surface area contributed by atoms with Crippen LogP contribution in [0, 0.1) is 5.92 Å². The van der Waals surface area contributed by atoms with Crippen LogP contribution >= 0.6 is 0 Å². The van der Waals surface area contributed by atoms with Crippen molar-refractivity contribution >= 4 is 5.91 Å². The summed E-state index contributed by atoms with van der Waals surface area (Å²) in [7, 11) is 0. The van der Waals surface area contributed by atoms with Gasteiger partial charge in [0.1, 0.15) is 0 Å². The highest BCUT2D eigenvalue weighted by atomic mass is 16.1. The van der Waals surface area contributed by atoms with E-state index < -0.39 is 0 Å². The van der Waals surface area contributed by atoms with Gasteiger partial charge in [-0.15, -0.1) is 0 Å². The van der Waals surface area contributed by atoms with Crippen LogP contribution in [0.5, 0.6) is 0 Å². The number of carbonyl (C=O) groups excluding carboxylic acids is 1. The maximum absolute atomic E-state index is 11.2. The van der Waals surface area contributed by atoms with E-state index in [0.717, 1.165) is 31.8 Å². The minimum Gasteiger partial charge on any atom is -0.354 e. The number of likely N-dealkylation sites (tertiary alicyclic amines) is 1. The molecule has 1 amide bonds. The molecule has 2 unspecified atom stereocenters. The summed E-state index contributed by atoms with van der Waals surface area (Å²) in [6.07, 6.45) is 5.87. The van der Waals surface area contributed by atoms with Crippen LogP contribution in [0.4, 0.5) is 0 Å². The Hall–Kier alpha value is -1.39. The van der Waals surface area contributed by atoms with Crippen molar-refractivity contribution in [3.05, 3.63) is 35.9 Å². The van der Waals surface area contributed by atoms with Gasteiger partial charge < -0.3 is 10.6 Å². The predicted octanol–water partition coefficient (Wildman–Crippen LogP) is 2.93. The zero-order chi connectivity index (χ0) is 17.6. The molecule has 0 aromatic heterocycles. The van der Waals surface area contributed by atoms with Gasteiger partial charge in [0, 0.05) is 38.1 Å². The molecule has 1 saturated heterocycles. The van der Waals surface area contributed by atoms with E-state index in [2.05, 4.69) is 52.8 Å². The van der Waals surface area contributed by atoms with E-state index in [-0.39, 0.29) is 5.91 Å². The summed E-state index contributed by atoms with van der Waals surface area (Å²) in [5.74, 6) is 0.863. The van der Waals surface area contributed by atoms with Crippen molar-refractivity contribution < 1.29 is 4.79 Å². The molecule has 1 aliphatic carbocycles. The SMILES string of the molecule is CC(=O)NC1CCC(NCC2CC(C)N(Cc3ccccc3)C2)CC1. The van der Waals surface area contributed by atoms with Crippen molar-refractivity contribution in [3.63, 3.8) is 0 Å². The van der Waals surface area contributed by atoms with Crippen LogP contribution in [0.15, 0.2) is 30.3 Å². The van der Waals surface area contributed by atoms with Gasteiger partial charge in [0.05, 0.1) is 0 Å². The Morgan fingerprint density at radius 3 is 2.48 bits per heavy atom. The molecule has 2 aliphatic rings. The van der Waals surface area contributed by atoms with Gasteiger partial charge in [0.25, 0.3) is 0 Å². The largest absolute Gasteiger partial charge is 0.354 e. The first kappa shape index (κ1) is 18.4. The maximum Gasteiger partial charge on any atom is 0.217 e. The summed E-state index contributed by atoms with van der Waals surface area (Å²) < 4.78 is 0. The van der Waals surface area contributed by atoms with Gasteiger partial charge in [0.2, 0.25) is 5.91 Å². The van der Waals surface area contributed by atoms with Crippen LogP contribution in [0.3, 0.4) is 0 Å². The molecule has 2 fully saturated rings. The second kappa shape index (κ2) is 8.81. The Bertz CT molecular complexity index is 539. The van der Waals surface area contributed by atoms with Crippen molar-refractivity contribution in [1.82, 2.24) is 15.5 Å². The third kappa shape index (κ3) is 5.55. The molecule has 2 N–H and O–H groups in total. The molecule has 2 atom stereocenters. The molecule has 1 saturated carbocycles. The average molecular weight is 344 g/mol. The van der Waals surface area contributed by atoms with Crippen LogP contribution in [0.25, 0.3) is 0 Å². The monoisotopic (exact) mass is 343 g/mol. The number of rotatable bonds is 6. The second-order valence-corrected chi connectivity index (χ2v) is 8.02. The number of benzene rings is 1. The second-order valence-electron chi connectivity index (χ2n) is 8.02. The first-order valence-corrected chi connectivity index (χ1v) is 9.88. The van der Waals surface area contributed by atoms with Gasteiger partial charge in [-0.1, -0.05) is 30.3 Å². The smallest absolute Gasteiger partial charge is 0.217 e.